The van der Waals surface area contributed by atoms with E-state index in [2.05, 4.69) is 15.2 Å². The van der Waals surface area contributed by atoms with Gasteiger partial charge in [-0.05, 0) is 57.7 Å². The average molecular weight is 238 g/mol. The van der Waals surface area contributed by atoms with Gasteiger partial charge in [-0.25, -0.2) is 0 Å². The molecule has 0 aromatic rings. The Hall–Kier alpha value is -0.770. The third-order valence-electron chi connectivity index (χ3n) is 3.90. The molecule has 0 radical (unpaired) electrons. The Morgan fingerprint density at radius 2 is 2.00 bits per heavy atom. The molecule has 1 aliphatic heterocycles. The molecular formula is C13H26N4. The van der Waals surface area contributed by atoms with Gasteiger partial charge >= 0.3 is 0 Å². The van der Waals surface area contributed by atoms with Crippen LogP contribution >= 0.6 is 0 Å². The van der Waals surface area contributed by atoms with Crippen LogP contribution in [0.1, 0.15) is 38.5 Å². The Morgan fingerprint density at radius 1 is 1.24 bits per heavy atom. The van der Waals surface area contributed by atoms with Crippen molar-refractivity contribution >= 4 is 5.96 Å². The highest BCUT2D eigenvalue weighted by Gasteiger charge is 2.16. The number of nitrogens with one attached hydrogen (secondary N) is 1. The summed E-state index contributed by atoms with van der Waals surface area (Å²) in [4.78, 5) is 6.92. The lowest BCUT2D eigenvalue weighted by Gasteiger charge is -2.23. The molecular weight excluding hydrogens is 212 g/mol. The zero-order valence-electron chi connectivity index (χ0n) is 10.8. The van der Waals surface area contributed by atoms with E-state index in [0.29, 0.717) is 5.96 Å². The van der Waals surface area contributed by atoms with E-state index in [1.165, 1.54) is 58.2 Å². The Morgan fingerprint density at radius 3 is 2.65 bits per heavy atom. The van der Waals surface area contributed by atoms with Gasteiger partial charge in [-0.1, -0.05) is 6.42 Å². The van der Waals surface area contributed by atoms with Gasteiger partial charge in [-0.15, -0.1) is 0 Å². The third kappa shape index (κ3) is 4.54. The van der Waals surface area contributed by atoms with Crippen molar-refractivity contribution in [2.75, 3.05) is 32.7 Å². The Balaban J connectivity index is 1.48. The van der Waals surface area contributed by atoms with Crippen LogP contribution in [0.15, 0.2) is 4.99 Å². The van der Waals surface area contributed by atoms with Crippen LogP contribution in [0.5, 0.6) is 0 Å². The van der Waals surface area contributed by atoms with Gasteiger partial charge in [0, 0.05) is 13.1 Å². The second kappa shape index (κ2) is 6.84. The maximum absolute atomic E-state index is 5.82. The summed E-state index contributed by atoms with van der Waals surface area (Å²) in [6, 6.07) is 0. The van der Waals surface area contributed by atoms with Crippen LogP contribution in [0, 0.1) is 5.92 Å². The molecule has 98 valence electrons. The van der Waals surface area contributed by atoms with Crippen LogP contribution in [0.25, 0.3) is 0 Å². The minimum atomic E-state index is 0.637. The molecule has 2 fully saturated rings. The van der Waals surface area contributed by atoms with Crippen molar-refractivity contribution in [1.82, 2.24) is 10.2 Å². The summed E-state index contributed by atoms with van der Waals surface area (Å²) in [5, 5.41) is 3.21. The molecule has 0 aromatic heterocycles. The van der Waals surface area contributed by atoms with E-state index >= 15 is 0 Å². The van der Waals surface area contributed by atoms with E-state index in [9.17, 15) is 0 Å². The highest BCUT2D eigenvalue weighted by molar-refractivity contribution is 5.77. The van der Waals surface area contributed by atoms with Crippen molar-refractivity contribution in [2.45, 2.75) is 38.5 Å². The van der Waals surface area contributed by atoms with Crippen molar-refractivity contribution < 1.29 is 0 Å². The highest BCUT2D eigenvalue weighted by atomic mass is 15.1. The quantitative estimate of drug-likeness (QED) is 0.415. The minimum absolute atomic E-state index is 0.637. The molecule has 0 amide bonds. The SMILES string of the molecule is NC(=NCC1CCC1)NCCCN1CCCC1. The van der Waals surface area contributed by atoms with E-state index in [4.69, 9.17) is 5.73 Å². The molecule has 0 spiro atoms. The van der Waals surface area contributed by atoms with Gasteiger partial charge in [0.15, 0.2) is 5.96 Å². The molecule has 1 saturated carbocycles. The predicted octanol–water partition coefficient (Wildman–Crippen LogP) is 1.18. The van der Waals surface area contributed by atoms with Gasteiger partial charge in [0.25, 0.3) is 0 Å². The van der Waals surface area contributed by atoms with Crippen molar-refractivity contribution in [3.8, 4) is 0 Å². The van der Waals surface area contributed by atoms with Crippen molar-refractivity contribution in [3.05, 3.63) is 0 Å². The molecule has 0 bridgehead atoms. The Kier molecular flexibility index (Phi) is 5.10. The fraction of sp³-hybridized carbons (Fsp3) is 0.923. The van der Waals surface area contributed by atoms with E-state index in [-0.39, 0.29) is 0 Å². The first-order valence-electron chi connectivity index (χ1n) is 7.11. The van der Waals surface area contributed by atoms with E-state index < -0.39 is 0 Å². The molecule has 4 heteroatoms. The molecule has 2 aliphatic rings. The lowest BCUT2D eigenvalue weighted by Crippen LogP contribution is -2.34. The van der Waals surface area contributed by atoms with Gasteiger partial charge in [-0.2, -0.15) is 0 Å². The average Bonchev–Trinajstić information content (AvgIpc) is 2.75. The van der Waals surface area contributed by atoms with E-state index in [0.717, 1.165) is 19.0 Å². The summed E-state index contributed by atoms with van der Waals surface area (Å²) in [6.07, 6.45) is 7.97. The largest absolute Gasteiger partial charge is 0.370 e. The number of likely N-dealkylation sites (tertiary alicyclic amines) is 1. The number of aliphatic imine (C=N–C) groups is 1. The summed E-state index contributed by atoms with van der Waals surface area (Å²) in [7, 11) is 0. The molecule has 1 aliphatic carbocycles. The summed E-state index contributed by atoms with van der Waals surface area (Å²) in [6.45, 7) is 5.64. The number of rotatable bonds is 6. The number of hydrogen-bond acceptors (Lipinski definition) is 2. The second-order valence-electron chi connectivity index (χ2n) is 5.35. The molecule has 3 N–H and O–H groups in total. The first-order valence-corrected chi connectivity index (χ1v) is 7.11. The lowest BCUT2D eigenvalue weighted by atomic mass is 9.86. The van der Waals surface area contributed by atoms with Crippen molar-refractivity contribution in [3.63, 3.8) is 0 Å². The van der Waals surface area contributed by atoms with Crippen LogP contribution in [-0.2, 0) is 0 Å². The first kappa shape index (κ1) is 12.7. The number of hydrogen-bond donors (Lipinski definition) is 2. The molecule has 1 saturated heterocycles. The van der Waals surface area contributed by atoms with Crippen molar-refractivity contribution in [1.29, 1.82) is 0 Å². The number of guanidine groups is 1. The Bertz CT molecular complexity index is 242. The summed E-state index contributed by atoms with van der Waals surface area (Å²) in [5.41, 5.74) is 5.82. The topological polar surface area (TPSA) is 53.6 Å². The summed E-state index contributed by atoms with van der Waals surface area (Å²) in [5.74, 6) is 1.44. The molecule has 1 heterocycles. The normalized spacial score (nSPS) is 22.7. The van der Waals surface area contributed by atoms with Crippen LogP contribution in [0.4, 0.5) is 0 Å². The maximum atomic E-state index is 5.82. The van der Waals surface area contributed by atoms with Crippen LogP contribution in [-0.4, -0.2) is 43.6 Å². The molecule has 4 nitrogen and oxygen atoms in total. The standard InChI is InChI=1S/C13H26N4/c14-13(16-11-12-5-3-6-12)15-7-4-10-17-8-1-2-9-17/h12H,1-11H2,(H3,14,15,16). The number of nitrogens with zero attached hydrogens (tertiary/aromatic N) is 2. The van der Waals surface area contributed by atoms with Gasteiger partial charge in [0.1, 0.15) is 0 Å². The number of nitrogens with two attached hydrogens (primary N) is 1. The third-order valence-corrected chi connectivity index (χ3v) is 3.90. The molecule has 0 aromatic carbocycles. The highest BCUT2D eigenvalue weighted by Crippen LogP contribution is 2.26. The van der Waals surface area contributed by atoms with E-state index in [1.54, 1.807) is 0 Å². The smallest absolute Gasteiger partial charge is 0.188 e. The molecule has 17 heavy (non-hydrogen) atoms. The fourth-order valence-electron chi connectivity index (χ4n) is 2.48. The lowest BCUT2D eigenvalue weighted by molar-refractivity contribution is 0.325. The Labute approximate surface area is 105 Å². The minimum Gasteiger partial charge on any atom is -0.370 e. The zero-order valence-corrected chi connectivity index (χ0v) is 10.8. The van der Waals surface area contributed by atoms with E-state index in [1.807, 2.05) is 0 Å². The van der Waals surface area contributed by atoms with Gasteiger partial charge in [-0.3, -0.25) is 4.99 Å². The second-order valence-corrected chi connectivity index (χ2v) is 5.35. The summed E-state index contributed by atoms with van der Waals surface area (Å²) < 4.78 is 0. The monoisotopic (exact) mass is 238 g/mol. The van der Waals surface area contributed by atoms with Crippen molar-refractivity contribution in [2.24, 2.45) is 16.6 Å². The summed E-state index contributed by atoms with van der Waals surface area (Å²) >= 11 is 0. The fourth-order valence-corrected chi connectivity index (χ4v) is 2.48. The van der Waals surface area contributed by atoms with Gasteiger partial charge in [0.05, 0.1) is 0 Å². The van der Waals surface area contributed by atoms with Crippen LogP contribution in [0.2, 0.25) is 0 Å². The molecule has 2 rings (SSSR count). The predicted molar refractivity (Wildman–Crippen MR) is 72.1 cm³/mol. The van der Waals surface area contributed by atoms with Gasteiger partial charge in [0.2, 0.25) is 0 Å². The molecule has 0 unspecified atom stereocenters. The first-order chi connectivity index (χ1) is 8.34. The molecule has 0 atom stereocenters. The zero-order chi connectivity index (χ0) is 11.9. The van der Waals surface area contributed by atoms with Crippen LogP contribution in [0.3, 0.4) is 0 Å². The van der Waals surface area contributed by atoms with Crippen LogP contribution < -0.4 is 11.1 Å². The maximum Gasteiger partial charge on any atom is 0.188 e. The van der Waals surface area contributed by atoms with Gasteiger partial charge < -0.3 is 16.0 Å².